The van der Waals surface area contributed by atoms with Gasteiger partial charge < -0.3 is 43.7 Å². The van der Waals surface area contributed by atoms with Crippen molar-refractivity contribution >= 4 is 18.3 Å². The number of ether oxygens (including phenoxy) is 5. The van der Waals surface area contributed by atoms with Gasteiger partial charge >= 0.3 is 18.3 Å². The standard InChI is InChI=1S/C26H30F2N2O5.C21H22F2N2O3/c1-26(2,3)35-25(32)29-12-11-22-23(29)18(16-33-19-9-10-20(27)21(28)13-19)14-30(22)24(31)34-15-17-7-5-4-6-8-17;22-17-7-6-16(10-18(17)23)27-13-15-11-25(19-8-9-24-20(15)19)21(26)28-12-14-4-2-1-3-5-14/h4-10,13,18,22-23H,11-12,14-16H2,1-3H3;1-7,10,15,19-20,24H,8-9,11-13H2/t18-,22-,23-;15-,19-,20-/m11/s1. The van der Waals surface area contributed by atoms with Crippen LogP contribution in [0.3, 0.4) is 0 Å². The van der Waals surface area contributed by atoms with Crippen LogP contribution in [0.1, 0.15) is 44.7 Å². The zero-order chi connectivity index (χ0) is 44.7. The van der Waals surface area contributed by atoms with Crippen molar-refractivity contribution in [1.82, 2.24) is 20.0 Å². The van der Waals surface area contributed by atoms with Gasteiger partial charge in [-0.15, -0.1) is 0 Å². The molecule has 4 aliphatic heterocycles. The van der Waals surface area contributed by atoms with E-state index in [1.807, 2.05) is 60.7 Å². The smallest absolute Gasteiger partial charge is 0.410 e. The molecule has 8 rings (SSSR count). The topological polar surface area (TPSA) is 119 Å². The lowest BCUT2D eigenvalue weighted by atomic mass is 10.0. The van der Waals surface area contributed by atoms with Gasteiger partial charge in [-0.3, -0.25) is 0 Å². The van der Waals surface area contributed by atoms with Gasteiger partial charge in [0.2, 0.25) is 0 Å². The highest BCUT2D eigenvalue weighted by molar-refractivity contribution is 5.72. The van der Waals surface area contributed by atoms with E-state index in [0.717, 1.165) is 48.4 Å². The third kappa shape index (κ3) is 11.3. The first-order valence-electron chi connectivity index (χ1n) is 21.1. The number of halogens is 4. The van der Waals surface area contributed by atoms with Crippen LogP contribution in [0, 0.1) is 35.1 Å². The van der Waals surface area contributed by atoms with Crippen LogP contribution in [0.5, 0.6) is 11.5 Å². The molecule has 63 heavy (non-hydrogen) atoms. The van der Waals surface area contributed by atoms with E-state index >= 15 is 0 Å². The molecule has 12 nitrogen and oxygen atoms in total. The number of rotatable bonds is 10. The Morgan fingerprint density at radius 3 is 1.65 bits per heavy atom. The van der Waals surface area contributed by atoms with Crippen molar-refractivity contribution in [1.29, 1.82) is 0 Å². The molecule has 0 spiro atoms. The second-order valence-corrected chi connectivity index (χ2v) is 17.0. The highest BCUT2D eigenvalue weighted by Crippen LogP contribution is 2.38. The number of fused-ring (bicyclic) bond motifs is 2. The lowest BCUT2D eigenvalue weighted by Gasteiger charge is -2.30. The van der Waals surface area contributed by atoms with Crippen molar-refractivity contribution in [3.8, 4) is 11.5 Å². The molecule has 0 radical (unpaired) electrons. The first-order valence-corrected chi connectivity index (χ1v) is 21.1. The Balaban J connectivity index is 0.000000193. The summed E-state index contributed by atoms with van der Waals surface area (Å²) in [6, 6.07) is 25.3. The first kappa shape index (κ1) is 45.0. The van der Waals surface area contributed by atoms with Gasteiger partial charge in [-0.1, -0.05) is 60.7 Å². The molecule has 4 aliphatic rings. The van der Waals surface area contributed by atoms with Crippen LogP contribution in [0.4, 0.5) is 31.9 Å². The molecular formula is C47H52F4N4O8. The van der Waals surface area contributed by atoms with Crippen LogP contribution in [0.25, 0.3) is 0 Å². The van der Waals surface area contributed by atoms with Crippen LogP contribution in [0.2, 0.25) is 0 Å². The summed E-state index contributed by atoms with van der Waals surface area (Å²) >= 11 is 0. The summed E-state index contributed by atoms with van der Waals surface area (Å²) < 4.78 is 81.4. The number of carbonyl (C=O) groups is 3. The van der Waals surface area contributed by atoms with Crippen molar-refractivity contribution in [3.63, 3.8) is 0 Å². The van der Waals surface area contributed by atoms with E-state index in [-0.39, 0.29) is 73.4 Å². The first-order chi connectivity index (χ1) is 30.2. The lowest BCUT2D eigenvalue weighted by molar-refractivity contribution is 0.0171. The highest BCUT2D eigenvalue weighted by atomic mass is 19.2. The predicted molar refractivity (Wildman–Crippen MR) is 223 cm³/mol. The van der Waals surface area contributed by atoms with Crippen LogP contribution in [0.15, 0.2) is 97.1 Å². The van der Waals surface area contributed by atoms with Gasteiger partial charge in [-0.2, -0.15) is 0 Å². The Hall–Kier alpha value is -6.03. The molecule has 1 N–H and O–H groups in total. The Bertz CT molecular complexity index is 2200. The molecule has 4 aromatic carbocycles. The SMILES string of the molecule is CC(C)(C)OC(=O)N1CC[C@@H]2[C@H]1[C@@H](COc1ccc(F)c(F)c1)CN2C(=O)OCc1ccccc1.O=C(OCc1ccccc1)N1C[C@H](COc2ccc(F)c(F)c2)[C@H]2NCC[C@H]21. The van der Waals surface area contributed by atoms with Gasteiger partial charge in [-0.25, -0.2) is 31.9 Å². The molecule has 0 aliphatic carbocycles. The van der Waals surface area contributed by atoms with Gasteiger partial charge in [-0.05, 0) is 75.5 Å². The number of nitrogens with one attached hydrogen (secondary N) is 1. The maximum atomic E-state index is 13.6. The fourth-order valence-electron chi connectivity index (χ4n) is 8.65. The molecule has 3 amide bonds. The Morgan fingerprint density at radius 2 is 1.13 bits per heavy atom. The van der Waals surface area contributed by atoms with Gasteiger partial charge in [0, 0.05) is 49.6 Å². The van der Waals surface area contributed by atoms with Crippen LogP contribution < -0.4 is 14.8 Å². The van der Waals surface area contributed by atoms with E-state index in [1.54, 1.807) is 35.5 Å². The molecule has 0 bridgehead atoms. The second kappa shape index (κ2) is 20.0. The Morgan fingerprint density at radius 1 is 0.619 bits per heavy atom. The number of hydrogen-bond donors (Lipinski definition) is 1. The number of carbonyl (C=O) groups excluding carboxylic acids is 3. The van der Waals surface area contributed by atoms with Crippen molar-refractivity contribution in [2.24, 2.45) is 11.8 Å². The molecule has 0 aromatic heterocycles. The normalized spacial score (nSPS) is 22.4. The predicted octanol–water partition coefficient (Wildman–Crippen LogP) is 8.33. The van der Waals surface area contributed by atoms with Crippen molar-refractivity contribution < 1.29 is 55.6 Å². The summed E-state index contributed by atoms with van der Waals surface area (Å²) in [6.45, 7) is 8.21. The van der Waals surface area contributed by atoms with E-state index < -0.39 is 41.1 Å². The summed E-state index contributed by atoms with van der Waals surface area (Å²) in [4.78, 5) is 43.6. The zero-order valence-electron chi connectivity index (χ0n) is 35.4. The molecule has 6 atom stereocenters. The Labute approximate surface area is 364 Å². The van der Waals surface area contributed by atoms with Crippen molar-refractivity contribution in [2.45, 2.75) is 76.6 Å². The summed E-state index contributed by atoms with van der Waals surface area (Å²) in [7, 11) is 0. The lowest BCUT2D eigenvalue weighted by Crippen LogP contribution is -2.46. The van der Waals surface area contributed by atoms with E-state index in [4.69, 9.17) is 23.7 Å². The second-order valence-electron chi connectivity index (χ2n) is 17.0. The summed E-state index contributed by atoms with van der Waals surface area (Å²) in [6.07, 6.45) is 0.171. The largest absolute Gasteiger partial charge is 0.493 e. The number of hydrogen-bond acceptors (Lipinski definition) is 9. The van der Waals surface area contributed by atoms with E-state index in [9.17, 15) is 31.9 Å². The van der Waals surface area contributed by atoms with Crippen LogP contribution in [-0.2, 0) is 27.4 Å². The summed E-state index contributed by atoms with van der Waals surface area (Å²) in [5.74, 6) is -3.58. The number of benzene rings is 4. The van der Waals surface area contributed by atoms with Gasteiger partial charge in [0.1, 0.15) is 30.3 Å². The zero-order valence-corrected chi connectivity index (χ0v) is 35.4. The molecule has 0 saturated carbocycles. The minimum Gasteiger partial charge on any atom is -0.493 e. The van der Waals surface area contributed by atoms with E-state index in [1.165, 1.54) is 12.1 Å². The average Bonchev–Trinajstić information content (AvgIpc) is 4.07. The maximum Gasteiger partial charge on any atom is 0.410 e. The molecule has 4 fully saturated rings. The molecule has 16 heteroatoms. The fourth-order valence-corrected chi connectivity index (χ4v) is 8.65. The number of likely N-dealkylation sites (tertiary alicyclic amines) is 3. The van der Waals surface area contributed by atoms with Crippen molar-refractivity contribution in [3.05, 3.63) is 131 Å². The minimum absolute atomic E-state index is 0.0462. The average molecular weight is 877 g/mol. The number of nitrogens with zero attached hydrogens (tertiary/aromatic N) is 3. The van der Waals surface area contributed by atoms with Crippen molar-refractivity contribution in [2.75, 3.05) is 39.4 Å². The van der Waals surface area contributed by atoms with E-state index in [0.29, 0.717) is 32.7 Å². The molecule has 4 heterocycles. The Kier molecular flexibility index (Phi) is 14.3. The summed E-state index contributed by atoms with van der Waals surface area (Å²) in [5.41, 5.74) is 1.14. The number of amides is 3. The fraction of sp³-hybridized carbons (Fsp3) is 0.426. The third-order valence-corrected chi connectivity index (χ3v) is 11.5. The highest BCUT2D eigenvalue weighted by Gasteiger charge is 2.53. The molecular weight excluding hydrogens is 825 g/mol. The van der Waals surface area contributed by atoms with Gasteiger partial charge in [0.15, 0.2) is 23.3 Å². The third-order valence-electron chi connectivity index (χ3n) is 11.5. The summed E-state index contributed by atoms with van der Waals surface area (Å²) in [5, 5.41) is 3.42. The van der Waals surface area contributed by atoms with Crippen LogP contribution >= 0.6 is 0 Å². The minimum atomic E-state index is -1.01. The van der Waals surface area contributed by atoms with Gasteiger partial charge in [0.05, 0.1) is 31.3 Å². The monoisotopic (exact) mass is 876 g/mol. The maximum absolute atomic E-state index is 13.6. The molecule has 4 aromatic rings. The molecule has 4 saturated heterocycles. The molecule has 336 valence electrons. The van der Waals surface area contributed by atoms with Crippen LogP contribution in [-0.4, -0.2) is 102 Å². The quantitative estimate of drug-likeness (QED) is 0.124. The van der Waals surface area contributed by atoms with Gasteiger partial charge in [0.25, 0.3) is 0 Å². The molecule has 0 unspecified atom stereocenters. The van der Waals surface area contributed by atoms with E-state index in [2.05, 4.69) is 5.32 Å².